The van der Waals surface area contributed by atoms with Crippen molar-refractivity contribution in [3.8, 4) is 5.75 Å². The molecule has 31 heavy (non-hydrogen) atoms. The number of carbonyl (C=O) groups excluding carboxylic acids is 1. The van der Waals surface area contributed by atoms with Crippen LogP contribution in [0.2, 0.25) is 5.02 Å². The average Bonchev–Trinajstić information content (AvgIpc) is 2.72. The molecule has 0 saturated heterocycles. The summed E-state index contributed by atoms with van der Waals surface area (Å²) in [6, 6.07) is 8.86. The summed E-state index contributed by atoms with van der Waals surface area (Å²) in [5, 5.41) is 0.0561. The largest absolute Gasteiger partial charge is 0.496 e. The first-order valence-corrected chi connectivity index (χ1v) is 10.0. The molecule has 0 spiro atoms. The van der Waals surface area contributed by atoms with Crippen LogP contribution in [0.25, 0.3) is 0 Å². The van der Waals surface area contributed by atoms with Gasteiger partial charge < -0.3 is 4.74 Å². The highest BCUT2D eigenvalue weighted by molar-refractivity contribution is 7.86. The maximum atomic E-state index is 14.3. The Morgan fingerprint density at radius 3 is 2.55 bits per heavy atom. The molecule has 0 aliphatic heterocycles. The molecule has 1 unspecified atom stereocenters. The third-order valence-electron chi connectivity index (χ3n) is 4.07. The number of aromatic nitrogens is 1. The zero-order valence-electron chi connectivity index (χ0n) is 15.7. The van der Waals surface area contributed by atoms with E-state index in [1.165, 1.54) is 31.4 Å². The molecule has 1 aromatic heterocycles. The van der Waals surface area contributed by atoms with Gasteiger partial charge in [0.05, 0.1) is 28.3 Å². The number of hydrogen-bond acceptors (Lipinski definition) is 4. The molecular formula is C20H13ClF4N2O3S. The summed E-state index contributed by atoms with van der Waals surface area (Å²) in [5.41, 5.74) is -1.89. The molecule has 0 bridgehead atoms. The molecule has 1 atom stereocenters. The van der Waals surface area contributed by atoms with Crippen molar-refractivity contribution in [1.82, 2.24) is 4.98 Å². The Hall–Kier alpha value is -2.98. The number of ketones is 1. The van der Waals surface area contributed by atoms with E-state index in [0.717, 1.165) is 24.4 Å². The van der Waals surface area contributed by atoms with Gasteiger partial charge in [-0.05, 0) is 36.4 Å². The summed E-state index contributed by atoms with van der Waals surface area (Å²) < 4.78 is 73.3. The van der Waals surface area contributed by atoms with Gasteiger partial charge in [-0.1, -0.05) is 23.7 Å². The fraction of sp³-hybridized carbons (Fsp3) is 0.100. The second-order valence-electron chi connectivity index (χ2n) is 6.09. The predicted molar refractivity (Wildman–Crippen MR) is 107 cm³/mol. The lowest BCUT2D eigenvalue weighted by molar-refractivity contribution is -0.137. The number of methoxy groups -OCH3 is 1. The number of pyridine rings is 1. The molecule has 2 aromatic carbocycles. The van der Waals surface area contributed by atoms with Crippen LogP contribution < -0.4 is 9.46 Å². The summed E-state index contributed by atoms with van der Waals surface area (Å²) in [7, 11) is -0.957. The number of ether oxygens (including phenoxy) is 1. The molecule has 0 fully saturated rings. The van der Waals surface area contributed by atoms with E-state index in [9.17, 15) is 26.6 Å². The van der Waals surface area contributed by atoms with Crippen LogP contribution in [-0.2, 0) is 17.2 Å². The van der Waals surface area contributed by atoms with E-state index in [2.05, 4.69) is 9.71 Å². The molecule has 3 aromatic rings. The lowest BCUT2D eigenvalue weighted by Crippen LogP contribution is -2.14. The molecule has 0 aliphatic rings. The number of hydrogen-bond donors (Lipinski definition) is 1. The van der Waals surface area contributed by atoms with Gasteiger partial charge >= 0.3 is 6.18 Å². The van der Waals surface area contributed by atoms with Gasteiger partial charge in [0.15, 0.2) is 0 Å². The van der Waals surface area contributed by atoms with Crippen LogP contribution in [0.1, 0.15) is 21.6 Å². The maximum absolute atomic E-state index is 14.3. The van der Waals surface area contributed by atoms with E-state index >= 15 is 0 Å². The summed E-state index contributed by atoms with van der Waals surface area (Å²) in [6.07, 6.45) is -3.50. The molecule has 5 nitrogen and oxygen atoms in total. The highest BCUT2D eigenvalue weighted by Gasteiger charge is 2.31. The number of benzene rings is 2. The molecule has 0 saturated carbocycles. The Labute approximate surface area is 181 Å². The Bertz CT molecular complexity index is 1170. The van der Waals surface area contributed by atoms with Crippen molar-refractivity contribution < 1.29 is 31.3 Å². The van der Waals surface area contributed by atoms with Crippen LogP contribution in [0.3, 0.4) is 0 Å². The van der Waals surface area contributed by atoms with Gasteiger partial charge in [-0.15, -0.1) is 0 Å². The average molecular weight is 473 g/mol. The lowest BCUT2D eigenvalue weighted by Gasteiger charge is -2.13. The lowest BCUT2D eigenvalue weighted by atomic mass is 10.0. The highest BCUT2D eigenvalue weighted by atomic mass is 35.5. The van der Waals surface area contributed by atoms with E-state index in [4.69, 9.17) is 16.3 Å². The number of nitrogens with zero attached hydrogens (tertiary/aromatic N) is 1. The third-order valence-corrected chi connectivity index (χ3v) is 5.36. The predicted octanol–water partition coefficient (Wildman–Crippen LogP) is 5.27. The minimum atomic E-state index is -4.62. The Morgan fingerprint density at radius 1 is 1.16 bits per heavy atom. The van der Waals surface area contributed by atoms with E-state index < -0.39 is 39.9 Å². The van der Waals surface area contributed by atoms with E-state index in [1.54, 1.807) is 0 Å². The minimum absolute atomic E-state index is 0.0494. The van der Waals surface area contributed by atoms with Crippen molar-refractivity contribution in [1.29, 1.82) is 0 Å². The van der Waals surface area contributed by atoms with Gasteiger partial charge in [0.2, 0.25) is 5.78 Å². The number of rotatable bonds is 6. The molecule has 0 radical (unpaired) electrons. The van der Waals surface area contributed by atoms with Crippen molar-refractivity contribution >= 4 is 34.1 Å². The number of carbonyl (C=O) groups is 1. The van der Waals surface area contributed by atoms with Crippen LogP contribution in [0.4, 0.5) is 23.2 Å². The highest BCUT2D eigenvalue weighted by Crippen LogP contribution is 2.31. The molecular weight excluding hydrogens is 460 g/mol. The fourth-order valence-electron chi connectivity index (χ4n) is 2.66. The van der Waals surface area contributed by atoms with Gasteiger partial charge in [0, 0.05) is 6.20 Å². The number of anilines is 1. The molecule has 11 heteroatoms. The van der Waals surface area contributed by atoms with Crippen molar-refractivity contribution in [3.63, 3.8) is 0 Å². The molecule has 3 rings (SSSR count). The summed E-state index contributed by atoms with van der Waals surface area (Å²) in [4.78, 5) is 16.7. The Morgan fingerprint density at radius 2 is 1.87 bits per heavy atom. The molecule has 162 valence electrons. The topological polar surface area (TPSA) is 68.3 Å². The first-order valence-electron chi connectivity index (χ1n) is 8.50. The smallest absolute Gasteiger partial charge is 0.416 e. The molecule has 1 heterocycles. The van der Waals surface area contributed by atoms with Crippen molar-refractivity contribution in [2.75, 3.05) is 11.8 Å². The van der Waals surface area contributed by atoms with Gasteiger partial charge in [-0.2, -0.15) is 13.2 Å². The minimum Gasteiger partial charge on any atom is -0.496 e. The quantitative estimate of drug-likeness (QED) is 0.392. The zero-order chi connectivity index (χ0) is 22.8. The first kappa shape index (κ1) is 22.7. The van der Waals surface area contributed by atoms with E-state index in [-0.39, 0.29) is 27.0 Å². The number of alkyl halides is 3. The SMILES string of the molecule is COc1cccc(F)c1C(=O)c1ncc(Cl)cc1NS(=O)c1cccc(C(F)(F)F)c1. The van der Waals surface area contributed by atoms with Gasteiger partial charge in [-0.25, -0.2) is 13.6 Å². The monoisotopic (exact) mass is 472 g/mol. The summed E-state index contributed by atoms with van der Waals surface area (Å²) in [5.74, 6) is -1.81. The standard InChI is InChI=1S/C20H13ClF4N2O3S/c1-30-16-7-3-6-14(22)17(16)19(28)18-15(9-12(21)10-26-18)27-31(29)13-5-2-4-11(8-13)20(23,24)25/h2-10,27H,1H3. The van der Waals surface area contributed by atoms with Crippen LogP contribution in [0.15, 0.2) is 59.6 Å². The third kappa shape index (κ3) is 5.02. The van der Waals surface area contributed by atoms with Crippen LogP contribution in [0, 0.1) is 5.82 Å². The molecule has 1 N–H and O–H groups in total. The van der Waals surface area contributed by atoms with Crippen molar-refractivity contribution in [3.05, 3.63) is 82.4 Å². The zero-order valence-corrected chi connectivity index (χ0v) is 17.2. The summed E-state index contributed by atoms with van der Waals surface area (Å²) in [6.45, 7) is 0. The second-order valence-corrected chi connectivity index (χ2v) is 7.74. The van der Waals surface area contributed by atoms with E-state index in [0.29, 0.717) is 6.07 Å². The molecule has 0 amide bonds. The Balaban J connectivity index is 2.00. The van der Waals surface area contributed by atoms with Crippen LogP contribution in [-0.4, -0.2) is 22.1 Å². The van der Waals surface area contributed by atoms with Crippen LogP contribution >= 0.6 is 11.6 Å². The van der Waals surface area contributed by atoms with Gasteiger partial charge in [-0.3, -0.25) is 9.52 Å². The van der Waals surface area contributed by atoms with Gasteiger partial charge in [0.1, 0.15) is 33.8 Å². The normalized spacial score (nSPS) is 12.3. The number of halogens is 5. The molecule has 0 aliphatic carbocycles. The second kappa shape index (κ2) is 9.03. The number of nitrogens with one attached hydrogen (secondary N) is 1. The van der Waals surface area contributed by atoms with Gasteiger partial charge in [0.25, 0.3) is 0 Å². The van der Waals surface area contributed by atoms with Crippen molar-refractivity contribution in [2.45, 2.75) is 11.1 Å². The van der Waals surface area contributed by atoms with E-state index in [1.807, 2.05) is 0 Å². The maximum Gasteiger partial charge on any atom is 0.416 e. The van der Waals surface area contributed by atoms with Crippen LogP contribution in [0.5, 0.6) is 5.75 Å². The van der Waals surface area contributed by atoms with Crippen molar-refractivity contribution in [2.24, 2.45) is 0 Å². The Kier molecular flexibility index (Phi) is 6.61. The fourth-order valence-corrected chi connectivity index (χ4v) is 3.73. The first-order chi connectivity index (χ1) is 14.6. The summed E-state index contributed by atoms with van der Waals surface area (Å²) >= 11 is 5.91.